The molecule has 0 spiro atoms. The maximum Gasteiger partial charge on any atom is 0.301 e. The predicted molar refractivity (Wildman–Crippen MR) is 330 cm³/mol. The molecule has 9 nitrogen and oxygen atoms in total. The third kappa shape index (κ3) is 23.8. The van der Waals surface area contributed by atoms with E-state index in [1.165, 1.54) is 195 Å². The van der Waals surface area contributed by atoms with Crippen LogP contribution in [0, 0.1) is 66.6 Å². The zero-order valence-electron chi connectivity index (χ0n) is 54.0. The summed E-state index contributed by atoms with van der Waals surface area (Å²) in [5.74, 6) is -23.8. The van der Waals surface area contributed by atoms with Gasteiger partial charge < -0.3 is 14.0 Å². The van der Waals surface area contributed by atoms with Crippen LogP contribution in [0.25, 0.3) is 0 Å². The van der Waals surface area contributed by atoms with E-state index in [1.807, 2.05) is 13.8 Å². The van der Waals surface area contributed by atoms with Gasteiger partial charge in [0.1, 0.15) is 11.8 Å². The van der Waals surface area contributed by atoms with E-state index in [-0.39, 0.29) is 43.3 Å². The first-order valence-electron chi connectivity index (χ1n) is 28.4. The molecular weight excluding hydrogens is 1260 g/mol. The van der Waals surface area contributed by atoms with E-state index in [2.05, 4.69) is 24.9 Å². The lowest BCUT2D eigenvalue weighted by atomic mass is 9.98. The van der Waals surface area contributed by atoms with E-state index in [1.54, 1.807) is 35.2 Å². The Morgan fingerprint density at radius 3 is 1.34 bits per heavy atom. The van der Waals surface area contributed by atoms with Crippen molar-refractivity contribution in [3.8, 4) is 17.7 Å². The van der Waals surface area contributed by atoms with Gasteiger partial charge in [-0.2, -0.15) is 14.0 Å². The fourth-order valence-corrected chi connectivity index (χ4v) is 9.04. The molecule has 0 aliphatic rings. The van der Waals surface area contributed by atoms with Crippen molar-refractivity contribution in [3.63, 3.8) is 0 Å². The molecule has 0 saturated carbocycles. The number of pyridine rings is 3. The van der Waals surface area contributed by atoms with Crippen LogP contribution in [0.5, 0.6) is 11.6 Å². The van der Waals surface area contributed by atoms with Gasteiger partial charge in [-0.15, -0.1) is 34.0 Å². The van der Waals surface area contributed by atoms with Gasteiger partial charge in [-0.3, -0.25) is 15.0 Å². The van der Waals surface area contributed by atoms with E-state index >= 15 is 0 Å². The Bertz CT molecular complexity index is 3130. The quantitative estimate of drug-likeness (QED) is 0.0829. The topological polar surface area (TPSA) is 112 Å². The summed E-state index contributed by atoms with van der Waals surface area (Å²) in [6, 6.07) is 10.1. The van der Waals surface area contributed by atoms with Crippen LogP contribution in [-0.2, 0) is 48.0 Å². The number of thiophene rings is 1. The number of nitriles is 1. The molecule has 0 fully saturated rings. The zero-order chi connectivity index (χ0) is 69.6. The summed E-state index contributed by atoms with van der Waals surface area (Å²) in [5.41, 5.74) is 2.13. The Hall–Kier alpha value is -6.20. The van der Waals surface area contributed by atoms with Gasteiger partial charge in [-0.25, -0.2) is 62.7 Å². The predicted octanol–water partition coefficient (Wildman–Crippen LogP) is 21.5. The molecule has 7 aromatic heterocycles. The second kappa shape index (κ2) is 35.6. The normalized spacial score (nSPS) is 12.1. The second-order valence-corrected chi connectivity index (χ2v) is 25.4. The molecule has 0 aliphatic carbocycles. The SMILES string of the molecule is CC(C)C(F)(F)c1cncc(C#N)c1.CC(C)C(F)(F)c1cncs1.CCn1ccc(C(F)(F)C(C)C)c1.COc1ccc(C(F)(F)C(C)C)cn1.COc1cncc(C(F)(F)C(C)C)c1.Cc1cc(C(F)(F)C(C)C)cs1.Cc1csc(C(F)(F)C(C)C)n1. The van der Waals surface area contributed by atoms with E-state index in [9.17, 15) is 61.5 Å². The number of alkyl halides is 14. The zero-order valence-corrected chi connectivity index (χ0v) is 56.5. The average molecular weight is 1340 g/mol. The third-order valence-electron chi connectivity index (χ3n) is 13.3. The van der Waals surface area contributed by atoms with Crippen LogP contribution in [0.4, 0.5) is 61.5 Å². The van der Waals surface area contributed by atoms with Crippen molar-refractivity contribution in [3.05, 3.63) is 156 Å². The molecule has 0 N–H and O–H groups in total. The molecule has 7 aromatic rings. The van der Waals surface area contributed by atoms with Crippen molar-refractivity contribution in [2.45, 2.75) is 166 Å². The van der Waals surface area contributed by atoms with Gasteiger partial charge >= 0.3 is 5.92 Å². The minimum Gasteiger partial charge on any atom is -0.495 e. The van der Waals surface area contributed by atoms with Gasteiger partial charge in [-0.05, 0) is 51.1 Å². The van der Waals surface area contributed by atoms with Crippen LogP contribution in [0.1, 0.15) is 158 Å². The minimum absolute atomic E-state index is 0.0486. The molecule has 90 heavy (non-hydrogen) atoms. The molecule has 26 heteroatoms. The maximum absolute atomic E-state index is 13.5. The van der Waals surface area contributed by atoms with Crippen LogP contribution in [0.2, 0.25) is 0 Å². The Morgan fingerprint density at radius 1 is 0.489 bits per heavy atom. The maximum atomic E-state index is 13.5. The van der Waals surface area contributed by atoms with Crippen molar-refractivity contribution in [2.24, 2.45) is 41.4 Å². The van der Waals surface area contributed by atoms with Gasteiger partial charge in [-0.1, -0.05) is 96.9 Å². The number of aromatic nitrogens is 6. The molecule has 0 aromatic carbocycles. The highest BCUT2D eigenvalue weighted by Crippen LogP contribution is 2.42. The first-order valence-corrected chi connectivity index (χ1v) is 31.0. The number of thiazole rings is 2. The summed E-state index contributed by atoms with van der Waals surface area (Å²) in [6.07, 6.45) is 10.5. The molecule has 0 amide bonds. The highest BCUT2D eigenvalue weighted by atomic mass is 32.1. The summed E-state index contributed by atoms with van der Waals surface area (Å²) in [5, 5.41) is 11.6. The fourth-order valence-electron chi connectivity index (χ4n) is 6.63. The van der Waals surface area contributed by atoms with E-state index in [0.29, 0.717) is 17.3 Å². The molecule has 0 saturated heterocycles. The van der Waals surface area contributed by atoms with E-state index in [0.717, 1.165) is 46.5 Å². The number of rotatable bonds is 17. The van der Waals surface area contributed by atoms with Crippen LogP contribution < -0.4 is 9.47 Å². The first-order chi connectivity index (χ1) is 41.4. The van der Waals surface area contributed by atoms with E-state index < -0.39 is 82.9 Å². The molecule has 0 atom stereocenters. The third-order valence-corrected chi connectivity index (χ3v) is 16.0. The molecule has 0 bridgehead atoms. The standard InChI is InChI=1S/C10H10F2N2.2C10H13F2NO.C10H15F2N.C9H12F2S.C8H11F2NS.C7H9F2NS/c1-7(2)10(11,12)9-3-8(4-13)5-14-6-9;1-7(2)10(11,12)8-4-9(14-3)6-13-5-8;1-7(2)10(11,12)8-4-5-9(14-3)13-6-8;1-4-13-6-5-9(7-13)10(11,12)8(2)3;1-6(2)9(10,11)8-4-7(3)12-5-8;1-5(2)8(9,10)7-11-6(3)4-12-7;1-5(2)7(8,9)6-3-10-4-11-6/h3,5-7H,1-2H3;2*4-7H,1-3H3;5-8H,4H2,1-3H3;4-6H,1-3H3;4-5H,1-3H3;3-5H,1-2H3. The average Bonchev–Trinajstić information content (AvgIpc) is 3.17. The fraction of sp³-hybridized carbons (Fsp3) is 0.531. The number of methoxy groups -OCH3 is 2. The number of nitrogens with zero attached hydrogens (tertiary/aromatic N) is 7. The Kier molecular flexibility index (Phi) is 32.3. The lowest BCUT2D eigenvalue weighted by Gasteiger charge is -2.20. The van der Waals surface area contributed by atoms with Crippen LogP contribution in [0.3, 0.4) is 0 Å². The summed E-state index contributed by atoms with van der Waals surface area (Å²) in [7, 11) is 2.87. The second-order valence-electron chi connectivity index (χ2n) is 22.6. The smallest absolute Gasteiger partial charge is 0.301 e. The van der Waals surface area contributed by atoms with Crippen molar-refractivity contribution >= 4 is 34.0 Å². The van der Waals surface area contributed by atoms with Crippen LogP contribution in [0.15, 0.2) is 102 Å². The molecule has 502 valence electrons. The van der Waals surface area contributed by atoms with Crippen LogP contribution in [-0.4, -0.2) is 43.7 Å². The van der Waals surface area contributed by atoms with Gasteiger partial charge in [0.05, 0.1) is 36.4 Å². The first kappa shape index (κ1) is 81.8. The number of halogens is 14. The number of hydrogen-bond acceptors (Lipinski definition) is 11. The van der Waals surface area contributed by atoms with Crippen molar-refractivity contribution in [1.82, 2.24) is 29.5 Å². The van der Waals surface area contributed by atoms with Gasteiger partial charge in [0, 0.05) is 147 Å². The van der Waals surface area contributed by atoms with E-state index in [4.69, 9.17) is 14.7 Å². The van der Waals surface area contributed by atoms with Crippen molar-refractivity contribution in [2.75, 3.05) is 14.2 Å². The van der Waals surface area contributed by atoms with Gasteiger partial charge in [0.15, 0.2) is 5.01 Å². The summed E-state index contributed by atoms with van der Waals surface area (Å²) >= 11 is 3.39. The highest BCUT2D eigenvalue weighted by molar-refractivity contribution is 7.10. The monoisotopic (exact) mass is 1340 g/mol. The van der Waals surface area contributed by atoms with Crippen LogP contribution >= 0.6 is 34.0 Å². The molecular formula is C64H83F14N7O2S3. The lowest BCUT2D eigenvalue weighted by molar-refractivity contribution is -0.0521. The van der Waals surface area contributed by atoms with Gasteiger partial charge in [0.2, 0.25) is 5.88 Å². The Labute approximate surface area is 532 Å². The molecule has 0 unspecified atom stereocenters. The van der Waals surface area contributed by atoms with Crippen molar-refractivity contribution in [1.29, 1.82) is 5.26 Å². The van der Waals surface area contributed by atoms with Crippen molar-refractivity contribution < 1.29 is 70.9 Å². The number of ether oxygens (including phenoxy) is 2. The minimum atomic E-state index is -2.93. The number of aryl methyl sites for hydroxylation is 3. The summed E-state index contributed by atoms with van der Waals surface area (Å²) < 4.78 is 198. The summed E-state index contributed by atoms with van der Waals surface area (Å²) in [4.78, 5) is 19.4. The number of hydrogen-bond donors (Lipinski definition) is 0. The summed E-state index contributed by atoms with van der Waals surface area (Å²) in [6.45, 7) is 27.1. The molecule has 0 aliphatic heterocycles. The Morgan fingerprint density at radius 2 is 0.967 bits per heavy atom. The molecule has 0 radical (unpaired) electrons. The largest absolute Gasteiger partial charge is 0.495 e. The highest BCUT2D eigenvalue weighted by Gasteiger charge is 2.41. The Balaban J connectivity index is 0.000000526. The molecule has 7 heterocycles. The molecule has 7 rings (SSSR count). The van der Waals surface area contributed by atoms with Gasteiger partial charge in [0.25, 0.3) is 35.5 Å². The lowest BCUT2D eigenvalue weighted by Crippen LogP contribution is -2.21.